The Morgan fingerprint density at radius 3 is 2.26 bits per heavy atom. The quantitative estimate of drug-likeness (QED) is 0.767. The molecule has 1 aromatic rings. The number of carbonyl (C=O) groups is 1. The van der Waals surface area contributed by atoms with Crippen molar-refractivity contribution in [1.29, 1.82) is 0 Å². The van der Waals surface area contributed by atoms with Gasteiger partial charge in [-0.15, -0.1) is 0 Å². The van der Waals surface area contributed by atoms with E-state index >= 15 is 0 Å². The molecule has 0 bridgehead atoms. The maximum absolute atomic E-state index is 12.3. The highest BCUT2D eigenvalue weighted by Gasteiger charge is 2.22. The summed E-state index contributed by atoms with van der Waals surface area (Å²) in [5.41, 5.74) is 1.99. The highest BCUT2D eigenvalue weighted by molar-refractivity contribution is 5.92. The summed E-state index contributed by atoms with van der Waals surface area (Å²) >= 11 is 0. The third-order valence-electron chi connectivity index (χ3n) is 5.18. The van der Waals surface area contributed by atoms with Crippen molar-refractivity contribution in [3.8, 4) is 0 Å². The molecule has 2 aliphatic heterocycles. The molecule has 0 radical (unpaired) electrons. The first-order chi connectivity index (χ1) is 13.0. The fourth-order valence-corrected chi connectivity index (χ4v) is 3.86. The van der Waals surface area contributed by atoms with Crippen LogP contribution in [0.15, 0.2) is 24.3 Å². The second-order valence-corrected chi connectivity index (χ2v) is 7.60. The summed E-state index contributed by atoms with van der Waals surface area (Å²) in [7, 11) is 0. The van der Waals surface area contributed by atoms with E-state index < -0.39 is 0 Å². The van der Waals surface area contributed by atoms with Gasteiger partial charge < -0.3 is 20.1 Å². The lowest BCUT2D eigenvalue weighted by Gasteiger charge is -2.37. The molecular formula is C20H32N4O3. The van der Waals surface area contributed by atoms with Crippen LogP contribution in [0.3, 0.4) is 0 Å². The number of hydrogen-bond acceptors (Lipinski definition) is 6. The summed E-state index contributed by atoms with van der Waals surface area (Å²) in [5.74, 6) is 0.0203. The molecule has 0 spiro atoms. The average molecular weight is 377 g/mol. The number of anilines is 2. The maximum Gasteiger partial charge on any atom is 0.238 e. The summed E-state index contributed by atoms with van der Waals surface area (Å²) in [6.45, 7) is 10.8. The number of piperazine rings is 1. The fourth-order valence-electron chi connectivity index (χ4n) is 3.86. The molecule has 0 aliphatic carbocycles. The van der Waals surface area contributed by atoms with E-state index in [0.717, 1.165) is 50.6 Å². The van der Waals surface area contributed by atoms with E-state index in [-0.39, 0.29) is 24.7 Å². The zero-order valence-electron chi connectivity index (χ0n) is 16.4. The second-order valence-electron chi connectivity index (χ2n) is 7.60. The Bertz CT molecular complexity index is 592. The molecular weight excluding hydrogens is 344 g/mol. The molecule has 0 saturated carbocycles. The van der Waals surface area contributed by atoms with Crippen LogP contribution in [0.1, 0.15) is 13.8 Å². The van der Waals surface area contributed by atoms with Crippen LogP contribution in [-0.4, -0.2) is 92.0 Å². The average Bonchev–Trinajstić information content (AvgIpc) is 2.63. The third-order valence-corrected chi connectivity index (χ3v) is 5.18. The van der Waals surface area contributed by atoms with E-state index in [9.17, 15) is 4.79 Å². The SMILES string of the molecule is C[C@@H]1CN(c2ccc(NC(=O)CN3CCN(CCO)CC3)cc2)C[C@H](C)O1. The Balaban J connectivity index is 1.46. The van der Waals surface area contributed by atoms with E-state index in [0.29, 0.717) is 13.1 Å². The number of hydrogen-bond donors (Lipinski definition) is 2. The Labute approximate surface area is 161 Å². The van der Waals surface area contributed by atoms with Gasteiger partial charge in [-0.1, -0.05) is 0 Å². The first-order valence-electron chi connectivity index (χ1n) is 9.89. The lowest BCUT2D eigenvalue weighted by molar-refractivity contribution is -0.117. The first-order valence-corrected chi connectivity index (χ1v) is 9.89. The Morgan fingerprint density at radius 2 is 1.67 bits per heavy atom. The number of nitrogens with zero attached hydrogens (tertiary/aromatic N) is 3. The molecule has 2 heterocycles. The van der Waals surface area contributed by atoms with Crippen molar-refractivity contribution in [2.45, 2.75) is 26.1 Å². The summed E-state index contributed by atoms with van der Waals surface area (Å²) < 4.78 is 5.79. The molecule has 2 saturated heterocycles. The lowest BCUT2D eigenvalue weighted by Crippen LogP contribution is -2.49. The number of benzene rings is 1. The van der Waals surface area contributed by atoms with Crippen LogP contribution in [-0.2, 0) is 9.53 Å². The molecule has 0 unspecified atom stereocenters. The number of aliphatic hydroxyl groups is 1. The molecule has 7 heteroatoms. The molecule has 2 N–H and O–H groups in total. The molecule has 1 aromatic carbocycles. The van der Waals surface area contributed by atoms with E-state index in [1.54, 1.807) is 0 Å². The van der Waals surface area contributed by atoms with E-state index in [1.807, 2.05) is 12.1 Å². The predicted molar refractivity (Wildman–Crippen MR) is 107 cm³/mol. The fraction of sp³-hybridized carbons (Fsp3) is 0.650. The van der Waals surface area contributed by atoms with Gasteiger partial charge in [0.1, 0.15) is 0 Å². The highest BCUT2D eigenvalue weighted by Crippen LogP contribution is 2.22. The highest BCUT2D eigenvalue weighted by atomic mass is 16.5. The van der Waals surface area contributed by atoms with Crippen molar-refractivity contribution >= 4 is 17.3 Å². The van der Waals surface area contributed by atoms with Crippen LogP contribution < -0.4 is 10.2 Å². The van der Waals surface area contributed by atoms with Crippen molar-refractivity contribution in [2.24, 2.45) is 0 Å². The lowest BCUT2D eigenvalue weighted by atomic mass is 10.2. The van der Waals surface area contributed by atoms with Gasteiger partial charge in [0.05, 0.1) is 25.4 Å². The number of amides is 1. The van der Waals surface area contributed by atoms with Crippen molar-refractivity contribution in [2.75, 3.05) is 69.2 Å². The molecule has 2 aliphatic rings. The molecule has 27 heavy (non-hydrogen) atoms. The minimum absolute atomic E-state index is 0.0203. The topological polar surface area (TPSA) is 68.3 Å². The summed E-state index contributed by atoms with van der Waals surface area (Å²) in [4.78, 5) is 19.0. The number of rotatable bonds is 6. The minimum Gasteiger partial charge on any atom is -0.395 e. The minimum atomic E-state index is 0.0203. The maximum atomic E-state index is 12.3. The van der Waals surface area contributed by atoms with E-state index in [4.69, 9.17) is 9.84 Å². The van der Waals surface area contributed by atoms with Crippen LogP contribution >= 0.6 is 0 Å². The van der Waals surface area contributed by atoms with Gasteiger partial charge in [-0.25, -0.2) is 0 Å². The third kappa shape index (κ3) is 5.90. The molecule has 150 valence electrons. The smallest absolute Gasteiger partial charge is 0.238 e. The van der Waals surface area contributed by atoms with Gasteiger partial charge in [-0.3, -0.25) is 14.6 Å². The molecule has 2 atom stereocenters. The number of ether oxygens (including phenoxy) is 1. The van der Waals surface area contributed by atoms with Crippen LogP contribution in [0.2, 0.25) is 0 Å². The Kier molecular flexibility index (Phi) is 7.07. The monoisotopic (exact) mass is 376 g/mol. The van der Waals surface area contributed by atoms with Gasteiger partial charge in [-0.05, 0) is 38.1 Å². The molecule has 0 aromatic heterocycles. The predicted octanol–water partition coefficient (Wildman–Crippen LogP) is 0.849. The standard InChI is InChI=1S/C20H32N4O3/c1-16-13-24(14-17(2)27-16)19-5-3-18(4-6-19)21-20(26)15-23-9-7-22(8-10-23)11-12-25/h3-6,16-17,25H,7-15H2,1-2H3,(H,21,26)/t16-,17+. The van der Waals surface area contributed by atoms with Gasteiger partial charge in [0.15, 0.2) is 0 Å². The zero-order chi connectivity index (χ0) is 19.2. The van der Waals surface area contributed by atoms with Crippen LogP contribution in [0.25, 0.3) is 0 Å². The summed E-state index contributed by atoms with van der Waals surface area (Å²) in [6.07, 6.45) is 0.456. The van der Waals surface area contributed by atoms with Crippen molar-refractivity contribution in [3.63, 3.8) is 0 Å². The normalized spacial score (nSPS) is 24.8. The van der Waals surface area contributed by atoms with Crippen LogP contribution in [0.5, 0.6) is 0 Å². The number of carbonyl (C=O) groups excluding carboxylic acids is 1. The zero-order valence-corrected chi connectivity index (χ0v) is 16.4. The summed E-state index contributed by atoms with van der Waals surface area (Å²) in [5, 5.41) is 12.0. The number of nitrogens with one attached hydrogen (secondary N) is 1. The second kappa shape index (κ2) is 9.50. The number of morpholine rings is 1. The van der Waals surface area contributed by atoms with E-state index in [2.05, 4.69) is 46.0 Å². The first kappa shape index (κ1) is 20.1. The van der Waals surface area contributed by atoms with Gasteiger partial charge in [-0.2, -0.15) is 0 Å². The molecule has 3 rings (SSSR count). The molecule has 1 amide bonds. The van der Waals surface area contributed by atoms with Crippen molar-refractivity contribution in [3.05, 3.63) is 24.3 Å². The van der Waals surface area contributed by atoms with Gasteiger partial charge in [0, 0.05) is 57.2 Å². The largest absolute Gasteiger partial charge is 0.395 e. The van der Waals surface area contributed by atoms with Crippen LogP contribution in [0.4, 0.5) is 11.4 Å². The molecule has 7 nitrogen and oxygen atoms in total. The number of aliphatic hydroxyl groups excluding tert-OH is 1. The van der Waals surface area contributed by atoms with E-state index in [1.165, 1.54) is 0 Å². The Hall–Kier alpha value is -1.67. The van der Waals surface area contributed by atoms with Crippen molar-refractivity contribution < 1.29 is 14.6 Å². The number of β-amino-alcohol motifs (C(OH)–C–C–N with tert-alkyl or cyclic N) is 1. The van der Waals surface area contributed by atoms with Gasteiger partial charge in [0.25, 0.3) is 0 Å². The summed E-state index contributed by atoms with van der Waals surface area (Å²) in [6, 6.07) is 8.07. The van der Waals surface area contributed by atoms with Crippen molar-refractivity contribution in [1.82, 2.24) is 9.80 Å². The Morgan fingerprint density at radius 1 is 1.07 bits per heavy atom. The van der Waals surface area contributed by atoms with Crippen LogP contribution in [0, 0.1) is 0 Å². The van der Waals surface area contributed by atoms with Gasteiger partial charge >= 0.3 is 0 Å². The van der Waals surface area contributed by atoms with Gasteiger partial charge in [0.2, 0.25) is 5.91 Å². The molecule has 2 fully saturated rings.